The number of aromatic hydroxyl groups is 1. The smallest absolute Gasteiger partial charge is 0.181 e. The zero-order chi connectivity index (χ0) is 20.3. The summed E-state index contributed by atoms with van der Waals surface area (Å²) < 4.78 is 20.9. The summed E-state index contributed by atoms with van der Waals surface area (Å²) in [5.41, 5.74) is 4.38. The van der Waals surface area contributed by atoms with Crippen molar-refractivity contribution in [3.63, 3.8) is 0 Å². The van der Waals surface area contributed by atoms with Gasteiger partial charge < -0.3 is 14.7 Å². The number of rotatable bonds is 3. The highest BCUT2D eigenvalue weighted by atomic mass is 19.1. The fourth-order valence-electron chi connectivity index (χ4n) is 4.38. The van der Waals surface area contributed by atoms with Gasteiger partial charge in [0.2, 0.25) is 0 Å². The van der Waals surface area contributed by atoms with E-state index in [4.69, 9.17) is 9.72 Å². The van der Waals surface area contributed by atoms with Gasteiger partial charge in [0.05, 0.1) is 30.0 Å². The Balaban J connectivity index is 1.54. The molecule has 6 nitrogen and oxygen atoms in total. The molecule has 0 radical (unpaired) electrons. The molecule has 2 saturated heterocycles. The van der Waals surface area contributed by atoms with Crippen molar-refractivity contribution < 1.29 is 14.2 Å². The van der Waals surface area contributed by atoms with Gasteiger partial charge in [0.15, 0.2) is 11.5 Å². The number of hydrogen-bond donors (Lipinski definition) is 1. The highest BCUT2D eigenvalue weighted by Crippen LogP contribution is 2.42. The van der Waals surface area contributed by atoms with E-state index in [-0.39, 0.29) is 17.0 Å². The van der Waals surface area contributed by atoms with Crippen LogP contribution in [0, 0.1) is 11.2 Å². The van der Waals surface area contributed by atoms with E-state index in [0.717, 1.165) is 60.3 Å². The van der Waals surface area contributed by atoms with Crippen LogP contribution in [0.5, 0.6) is 5.75 Å². The standard InChI is InChI=1S/C23H19FN4O2/c24-17-5-1-15(2-6-17)19-20(16-3-7-18(29)8-4-16)28-10-9-25-21(22(28)26-19)27-11-23(12-27)13-30-14-23/h1-10,29H,11-14H2. The number of halogens is 1. The highest BCUT2D eigenvalue weighted by Gasteiger charge is 2.50. The molecule has 0 saturated carbocycles. The molecule has 2 aromatic heterocycles. The number of nitrogens with zero attached hydrogens (tertiary/aromatic N) is 4. The van der Waals surface area contributed by atoms with Crippen molar-refractivity contribution in [1.29, 1.82) is 0 Å². The lowest BCUT2D eigenvalue weighted by Gasteiger charge is -2.55. The average molecular weight is 402 g/mol. The van der Waals surface area contributed by atoms with Gasteiger partial charge in [-0.05, 0) is 48.5 Å². The third-order valence-electron chi connectivity index (χ3n) is 5.95. The van der Waals surface area contributed by atoms with Crippen molar-refractivity contribution in [2.24, 2.45) is 5.41 Å². The van der Waals surface area contributed by atoms with Crippen LogP contribution in [0.3, 0.4) is 0 Å². The summed E-state index contributed by atoms with van der Waals surface area (Å²) >= 11 is 0. The minimum absolute atomic E-state index is 0.201. The first-order chi connectivity index (χ1) is 14.6. The summed E-state index contributed by atoms with van der Waals surface area (Å²) in [6.45, 7) is 3.43. The fourth-order valence-corrected chi connectivity index (χ4v) is 4.38. The van der Waals surface area contributed by atoms with Crippen molar-refractivity contribution in [2.75, 3.05) is 31.2 Å². The number of phenols is 1. The minimum atomic E-state index is -0.287. The van der Waals surface area contributed by atoms with Crippen LogP contribution in [0.15, 0.2) is 60.9 Å². The van der Waals surface area contributed by atoms with Crippen LogP contribution < -0.4 is 4.90 Å². The molecule has 0 atom stereocenters. The summed E-state index contributed by atoms with van der Waals surface area (Å²) in [6, 6.07) is 13.4. The molecule has 2 aliphatic rings. The zero-order valence-electron chi connectivity index (χ0n) is 16.1. The van der Waals surface area contributed by atoms with Gasteiger partial charge >= 0.3 is 0 Å². The molecule has 4 aromatic rings. The molecule has 0 bridgehead atoms. The van der Waals surface area contributed by atoms with E-state index in [9.17, 15) is 9.50 Å². The van der Waals surface area contributed by atoms with Crippen LogP contribution >= 0.6 is 0 Å². The molecule has 1 N–H and O–H groups in total. The molecule has 150 valence electrons. The van der Waals surface area contributed by atoms with Gasteiger partial charge in [0, 0.05) is 36.6 Å². The maximum absolute atomic E-state index is 13.5. The third kappa shape index (κ3) is 2.59. The molecule has 0 aliphatic carbocycles. The minimum Gasteiger partial charge on any atom is -0.508 e. The van der Waals surface area contributed by atoms with E-state index in [1.807, 2.05) is 22.7 Å². The first kappa shape index (κ1) is 17.4. The zero-order valence-corrected chi connectivity index (χ0v) is 16.1. The summed E-state index contributed by atoms with van der Waals surface area (Å²) in [5, 5.41) is 9.73. The number of ether oxygens (including phenoxy) is 1. The lowest BCUT2D eigenvalue weighted by atomic mass is 9.78. The molecule has 30 heavy (non-hydrogen) atoms. The SMILES string of the molecule is Oc1ccc(-c2c(-c3ccc(F)cc3)nc3c(N4CC5(COC5)C4)nccn23)cc1. The van der Waals surface area contributed by atoms with Crippen molar-refractivity contribution >= 4 is 11.5 Å². The predicted octanol–water partition coefficient (Wildman–Crippen LogP) is 3.74. The molecule has 2 aromatic carbocycles. The summed E-state index contributed by atoms with van der Waals surface area (Å²) in [7, 11) is 0. The fraction of sp³-hybridized carbons (Fsp3) is 0.217. The number of fused-ring (bicyclic) bond motifs is 1. The lowest BCUT2D eigenvalue weighted by molar-refractivity contribution is -0.127. The normalized spacial score (nSPS) is 17.2. The molecule has 0 unspecified atom stereocenters. The van der Waals surface area contributed by atoms with Crippen LogP contribution in [0.2, 0.25) is 0 Å². The van der Waals surface area contributed by atoms with Crippen molar-refractivity contribution in [2.45, 2.75) is 0 Å². The van der Waals surface area contributed by atoms with E-state index >= 15 is 0 Å². The van der Waals surface area contributed by atoms with Gasteiger partial charge in [-0.2, -0.15) is 0 Å². The van der Waals surface area contributed by atoms with Gasteiger partial charge in [-0.1, -0.05) is 0 Å². The first-order valence-corrected chi connectivity index (χ1v) is 9.87. The quantitative estimate of drug-likeness (QED) is 0.566. The van der Waals surface area contributed by atoms with Crippen molar-refractivity contribution in [3.8, 4) is 28.3 Å². The Morgan fingerprint density at radius 2 is 1.67 bits per heavy atom. The van der Waals surface area contributed by atoms with E-state index in [1.165, 1.54) is 12.1 Å². The molecule has 7 heteroatoms. The predicted molar refractivity (Wildman–Crippen MR) is 111 cm³/mol. The van der Waals surface area contributed by atoms with Gasteiger partial charge in [-0.15, -0.1) is 0 Å². The first-order valence-electron chi connectivity index (χ1n) is 9.87. The maximum atomic E-state index is 13.5. The van der Waals surface area contributed by atoms with Gasteiger partial charge in [-0.25, -0.2) is 14.4 Å². The summed E-state index contributed by atoms with van der Waals surface area (Å²) in [6.07, 6.45) is 3.67. The largest absolute Gasteiger partial charge is 0.508 e. The molecule has 2 aliphatic heterocycles. The Morgan fingerprint density at radius 1 is 0.967 bits per heavy atom. The van der Waals surface area contributed by atoms with Gasteiger partial charge in [0.25, 0.3) is 0 Å². The van der Waals surface area contributed by atoms with E-state index < -0.39 is 0 Å². The Bertz CT molecular complexity index is 1240. The molecule has 6 rings (SSSR count). The maximum Gasteiger partial charge on any atom is 0.181 e. The van der Waals surface area contributed by atoms with E-state index in [2.05, 4.69) is 9.88 Å². The molecule has 4 heterocycles. The summed E-state index contributed by atoms with van der Waals surface area (Å²) in [4.78, 5) is 11.8. The van der Waals surface area contributed by atoms with E-state index in [1.54, 1.807) is 30.5 Å². The van der Waals surface area contributed by atoms with Crippen LogP contribution in [-0.4, -0.2) is 45.8 Å². The molecule has 0 amide bonds. The van der Waals surface area contributed by atoms with Crippen LogP contribution in [-0.2, 0) is 4.74 Å². The van der Waals surface area contributed by atoms with Gasteiger partial charge in [-0.3, -0.25) is 4.40 Å². The Morgan fingerprint density at radius 3 is 2.33 bits per heavy atom. The number of phenolic OH excluding ortho intramolecular Hbond substituents is 1. The van der Waals surface area contributed by atoms with Gasteiger partial charge in [0.1, 0.15) is 11.6 Å². The van der Waals surface area contributed by atoms with Crippen molar-refractivity contribution in [1.82, 2.24) is 14.4 Å². The van der Waals surface area contributed by atoms with Crippen LogP contribution in [0.4, 0.5) is 10.2 Å². The number of aromatic nitrogens is 3. The Kier molecular flexibility index (Phi) is 3.64. The van der Waals surface area contributed by atoms with Crippen LogP contribution in [0.1, 0.15) is 0 Å². The molecular weight excluding hydrogens is 383 g/mol. The molecule has 2 fully saturated rings. The Hall–Kier alpha value is -3.45. The summed E-state index contributed by atoms with van der Waals surface area (Å²) in [5.74, 6) is 0.750. The molecule has 1 spiro atoms. The monoisotopic (exact) mass is 402 g/mol. The molecular formula is C23H19FN4O2. The number of imidazole rings is 1. The second-order valence-corrected chi connectivity index (χ2v) is 8.16. The third-order valence-corrected chi connectivity index (χ3v) is 5.95. The number of hydrogen-bond acceptors (Lipinski definition) is 5. The second kappa shape index (κ2) is 6.27. The van der Waals surface area contributed by atoms with E-state index in [0.29, 0.717) is 0 Å². The second-order valence-electron chi connectivity index (χ2n) is 8.16. The average Bonchev–Trinajstić information content (AvgIpc) is 3.07. The van der Waals surface area contributed by atoms with Crippen molar-refractivity contribution in [3.05, 3.63) is 66.7 Å². The lowest BCUT2D eigenvalue weighted by Crippen LogP contribution is -2.66. The number of benzene rings is 2. The van der Waals surface area contributed by atoms with Crippen LogP contribution in [0.25, 0.3) is 28.2 Å². The highest BCUT2D eigenvalue weighted by molar-refractivity contribution is 5.85. The topological polar surface area (TPSA) is 62.9 Å². The number of anilines is 1. The Labute approximate surface area is 172 Å².